The smallest absolute Gasteiger partial charge is 0.355 e. The van der Waals surface area contributed by atoms with Crippen LogP contribution in [0.25, 0.3) is 11.1 Å². The maximum atomic E-state index is 12.5. The summed E-state index contributed by atoms with van der Waals surface area (Å²) in [5, 5.41) is 7.31. The average molecular weight is 468 g/mol. The maximum Gasteiger partial charge on any atom is 0.471 e. The predicted molar refractivity (Wildman–Crippen MR) is 113 cm³/mol. The van der Waals surface area contributed by atoms with Crippen molar-refractivity contribution in [1.82, 2.24) is 16.0 Å². The second-order valence-electron chi connectivity index (χ2n) is 7.59. The molecule has 3 rings (SSSR count). The van der Waals surface area contributed by atoms with Crippen molar-refractivity contribution in [3.63, 3.8) is 0 Å². The molecule has 32 heavy (non-hydrogen) atoms. The van der Waals surface area contributed by atoms with Crippen LogP contribution in [0.15, 0.2) is 42.5 Å². The van der Waals surface area contributed by atoms with E-state index in [0.717, 1.165) is 5.56 Å². The highest BCUT2D eigenvalue weighted by molar-refractivity contribution is 6.34. The molecule has 0 spiro atoms. The minimum Gasteiger partial charge on any atom is -0.355 e. The second-order valence-corrected chi connectivity index (χ2v) is 8.00. The molecule has 0 radical (unpaired) electrons. The number of alkyl halides is 3. The first-order chi connectivity index (χ1) is 15.0. The summed E-state index contributed by atoms with van der Waals surface area (Å²) in [5.74, 6) is -3.12. The summed E-state index contributed by atoms with van der Waals surface area (Å²) < 4.78 is 37.6. The molecule has 0 heterocycles. The summed E-state index contributed by atoms with van der Waals surface area (Å²) in [6, 6.07) is 11.6. The van der Waals surface area contributed by atoms with Crippen LogP contribution in [-0.2, 0) is 9.59 Å². The molecule has 0 saturated heterocycles. The summed E-state index contributed by atoms with van der Waals surface area (Å²) >= 11 is 6.20. The molecule has 1 saturated carbocycles. The zero-order valence-electron chi connectivity index (χ0n) is 17.3. The van der Waals surface area contributed by atoms with E-state index < -0.39 is 29.6 Å². The number of nitrogens with one attached hydrogen (secondary N) is 3. The fraction of sp³-hybridized carbons (Fsp3) is 0.318. The first-order valence-corrected chi connectivity index (χ1v) is 10.2. The zero-order valence-corrected chi connectivity index (χ0v) is 18.0. The molecule has 2 aromatic rings. The van der Waals surface area contributed by atoms with Crippen LogP contribution in [0.5, 0.6) is 0 Å². The van der Waals surface area contributed by atoms with Gasteiger partial charge in [0.05, 0.1) is 16.6 Å². The number of hydrogen-bond donors (Lipinski definition) is 3. The molecule has 3 amide bonds. The van der Waals surface area contributed by atoms with Gasteiger partial charge in [0, 0.05) is 7.05 Å². The van der Waals surface area contributed by atoms with E-state index in [1.54, 1.807) is 54.7 Å². The van der Waals surface area contributed by atoms with Crippen LogP contribution in [0.3, 0.4) is 0 Å². The van der Waals surface area contributed by atoms with Crippen molar-refractivity contribution in [2.45, 2.75) is 37.5 Å². The van der Waals surface area contributed by atoms with Gasteiger partial charge in [-0.3, -0.25) is 14.4 Å². The number of carbonyl (C=O) groups is 3. The number of carbonyl (C=O) groups excluding carboxylic acids is 3. The highest BCUT2D eigenvalue weighted by atomic mass is 35.5. The molecule has 0 aromatic heterocycles. The Morgan fingerprint density at radius 1 is 1.06 bits per heavy atom. The standard InChI is InChI=1S/C22H21ClF3N3O3/c1-12(28-19(31)21(10-11-21)29-20(32)22(24,25)26)13-6-8-14(9-7-13)15-4-3-5-16(23)17(15)18(30)27-2/h3-9,12H,10-11H2,1-2H3,(H,27,30)(H,28,31)(H,29,32)/t12-/m1/s1. The van der Waals surface area contributed by atoms with Crippen LogP contribution in [0.4, 0.5) is 13.2 Å². The van der Waals surface area contributed by atoms with Crippen molar-refractivity contribution in [3.05, 3.63) is 58.6 Å². The highest BCUT2D eigenvalue weighted by Gasteiger charge is 2.55. The summed E-state index contributed by atoms with van der Waals surface area (Å²) in [5.41, 5.74) is 0.867. The SMILES string of the molecule is CNC(=O)c1c(Cl)cccc1-c1ccc([C@@H](C)NC(=O)C2(NC(=O)C(F)(F)F)CC2)cc1. The number of amides is 3. The average Bonchev–Trinajstić information content (AvgIpc) is 3.53. The molecule has 10 heteroatoms. The molecule has 0 aliphatic heterocycles. The Labute approximate surface area is 187 Å². The van der Waals surface area contributed by atoms with Gasteiger partial charge in [0.25, 0.3) is 5.91 Å². The quantitative estimate of drug-likeness (QED) is 0.604. The predicted octanol–water partition coefficient (Wildman–Crippen LogP) is 3.75. The Kier molecular flexibility index (Phi) is 6.50. The third kappa shape index (κ3) is 4.88. The Hall–Kier alpha value is -3.07. The lowest BCUT2D eigenvalue weighted by Gasteiger charge is -2.22. The molecule has 170 valence electrons. The van der Waals surface area contributed by atoms with Crippen molar-refractivity contribution in [2.75, 3.05) is 7.05 Å². The Morgan fingerprint density at radius 2 is 1.69 bits per heavy atom. The lowest BCUT2D eigenvalue weighted by Crippen LogP contribution is -2.52. The summed E-state index contributed by atoms with van der Waals surface area (Å²) in [7, 11) is 1.51. The Balaban J connectivity index is 1.74. The van der Waals surface area contributed by atoms with E-state index in [4.69, 9.17) is 11.6 Å². The number of benzene rings is 2. The molecule has 3 N–H and O–H groups in total. The van der Waals surface area contributed by atoms with E-state index in [9.17, 15) is 27.6 Å². The molecule has 1 atom stereocenters. The number of hydrogen-bond acceptors (Lipinski definition) is 3. The molecule has 1 fully saturated rings. The van der Waals surface area contributed by atoms with Gasteiger partial charge < -0.3 is 16.0 Å². The van der Waals surface area contributed by atoms with E-state index >= 15 is 0 Å². The van der Waals surface area contributed by atoms with Crippen molar-refractivity contribution in [2.24, 2.45) is 0 Å². The van der Waals surface area contributed by atoms with Crippen LogP contribution < -0.4 is 16.0 Å². The van der Waals surface area contributed by atoms with Crippen molar-refractivity contribution < 1.29 is 27.6 Å². The van der Waals surface area contributed by atoms with Crippen LogP contribution in [0.1, 0.15) is 41.7 Å². The first-order valence-electron chi connectivity index (χ1n) is 9.80. The van der Waals surface area contributed by atoms with Crippen LogP contribution in [0, 0.1) is 0 Å². The Morgan fingerprint density at radius 3 is 2.22 bits per heavy atom. The molecular weight excluding hydrogens is 447 g/mol. The van der Waals surface area contributed by atoms with Gasteiger partial charge in [0.2, 0.25) is 5.91 Å². The highest BCUT2D eigenvalue weighted by Crippen LogP contribution is 2.37. The van der Waals surface area contributed by atoms with Crippen LogP contribution >= 0.6 is 11.6 Å². The summed E-state index contributed by atoms with van der Waals surface area (Å²) in [6.07, 6.45) is -4.77. The first kappa shape index (κ1) is 23.6. The fourth-order valence-electron chi connectivity index (χ4n) is 3.31. The molecule has 0 unspecified atom stereocenters. The van der Waals surface area contributed by atoms with E-state index in [1.165, 1.54) is 7.05 Å². The molecule has 6 nitrogen and oxygen atoms in total. The van der Waals surface area contributed by atoms with Gasteiger partial charge in [0.15, 0.2) is 0 Å². The van der Waals surface area contributed by atoms with Crippen molar-refractivity contribution in [3.8, 4) is 11.1 Å². The van der Waals surface area contributed by atoms with Crippen molar-refractivity contribution in [1.29, 1.82) is 0 Å². The molecule has 2 aromatic carbocycles. The van der Waals surface area contributed by atoms with E-state index in [2.05, 4.69) is 10.6 Å². The molecular formula is C22H21ClF3N3O3. The van der Waals surface area contributed by atoms with E-state index in [0.29, 0.717) is 21.7 Å². The number of rotatable bonds is 6. The van der Waals surface area contributed by atoms with Gasteiger partial charge in [-0.2, -0.15) is 13.2 Å². The second kappa shape index (κ2) is 8.82. The molecule has 0 bridgehead atoms. The largest absolute Gasteiger partial charge is 0.471 e. The fourth-order valence-corrected chi connectivity index (χ4v) is 3.57. The maximum absolute atomic E-state index is 12.5. The van der Waals surface area contributed by atoms with Crippen LogP contribution in [-0.4, -0.2) is 36.5 Å². The molecule has 1 aliphatic rings. The number of halogens is 4. The molecule has 1 aliphatic carbocycles. The van der Waals surface area contributed by atoms with Gasteiger partial charge in [-0.25, -0.2) is 0 Å². The van der Waals surface area contributed by atoms with E-state index in [-0.39, 0.29) is 18.7 Å². The van der Waals surface area contributed by atoms with Gasteiger partial charge in [-0.05, 0) is 42.5 Å². The Bertz CT molecular complexity index is 1050. The lowest BCUT2D eigenvalue weighted by molar-refractivity contribution is -0.175. The minimum atomic E-state index is -5.05. The van der Waals surface area contributed by atoms with Gasteiger partial charge in [-0.15, -0.1) is 0 Å². The minimum absolute atomic E-state index is 0.142. The normalized spacial score (nSPS) is 15.4. The zero-order chi connectivity index (χ0) is 23.7. The lowest BCUT2D eigenvalue weighted by atomic mass is 9.97. The topological polar surface area (TPSA) is 87.3 Å². The summed E-state index contributed by atoms with van der Waals surface area (Å²) in [6.45, 7) is 1.68. The van der Waals surface area contributed by atoms with Crippen molar-refractivity contribution >= 4 is 29.3 Å². The monoisotopic (exact) mass is 467 g/mol. The third-order valence-corrected chi connectivity index (χ3v) is 5.65. The van der Waals surface area contributed by atoms with Gasteiger partial charge in [-0.1, -0.05) is 48.0 Å². The van der Waals surface area contributed by atoms with Gasteiger partial charge in [0.1, 0.15) is 5.54 Å². The van der Waals surface area contributed by atoms with E-state index in [1.807, 2.05) is 0 Å². The summed E-state index contributed by atoms with van der Waals surface area (Å²) in [4.78, 5) is 35.9. The van der Waals surface area contributed by atoms with Crippen LogP contribution in [0.2, 0.25) is 5.02 Å². The third-order valence-electron chi connectivity index (χ3n) is 5.33. The van der Waals surface area contributed by atoms with Gasteiger partial charge >= 0.3 is 12.1 Å².